The highest BCUT2D eigenvalue weighted by Gasteiger charge is 2.45. The zero-order valence-corrected chi connectivity index (χ0v) is 23.6. The molecule has 3 rings (SSSR count). The minimum absolute atomic E-state index is 0.00751. The van der Waals surface area contributed by atoms with E-state index in [4.69, 9.17) is 14.2 Å². The van der Waals surface area contributed by atoms with E-state index in [1.165, 1.54) is 24.4 Å². The van der Waals surface area contributed by atoms with Gasteiger partial charge in [-0.15, -0.1) is 0 Å². The molecular weight excluding hydrogens is 517 g/mol. The molecule has 0 spiro atoms. The molecule has 38 heavy (non-hydrogen) atoms. The molecule has 0 bridgehead atoms. The molecule has 0 radical (unpaired) electrons. The van der Waals surface area contributed by atoms with Crippen molar-refractivity contribution in [1.29, 1.82) is 0 Å². The Hall–Kier alpha value is -2.99. The van der Waals surface area contributed by atoms with Crippen LogP contribution in [-0.2, 0) is 14.3 Å². The van der Waals surface area contributed by atoms with Crippen LogP contribution in [0.15, 0.2) is 41.7 Å². The fraction of sp³-hybridized carbons (Fsp3) is 0.538. The van der Waals surface area contributed by atoms with E-state index >= 15 is 0 Å². The van der Waals surface area contributed by atoms with Gasteiger partial charge in [0.25, 0.3) is 0 Å². The first kappa shape index (κ1) is 29.6. The number of ether oxygens (including phenoxy) is 3. The second-order valence-corrected chi connectivity index (χ2v) is 16.7. The summed E-state index contributed by atoms with van der Waals surface area (Å²) in [6, 6.07) is 6.14. The lowest BCUT2D eigenvalue weighted by Crippen LogP contribution is -2.37. The molecule has 1 aliphatic heterocycles. The number of halogens is 3. The summed E-state index contributed by atoms with van der Waals surface area (Å²) >= 11 is 0. The zero-order chi connectivity index (χ0) is 28.1. The Morgan fingerprint density at radius 3 is 2.26 bits per heavy atom. The minimum Gasteiger partial charge on any atom is -0.492 e. The van der Waals surface area contributed by atoms with Crippen molar-refractivity contribution in [2.24, 2.45) is 10.4 Å². The summed E-state index contributed by atoms with van der Waals surface area (Å²) in [5.74, 6) is 0.324. The summed E-state index contributed by atoms with van der Waals surface area (Å²) in [7, 11) is 0.0106. The van der Waals surface area contributed by atoms with Crippen LogP contribution in [-0.4, -0.2) is 80.6 Å². The summed E-state index contributed by atoms with van der Waals surface area (Å²) in [5, 5.41) is 0. The molecule has 1 aliphatic rings. The lowest BCUT2D eigenvalue weighted by molar-refractivity contribution is -0.152. The average Bonchev–Trinajstić information content (AvgIpc) is 3.30. The van der Waals surface area contributed by atoms with Crippen LogP contribution < -0.4 is 4.74 Å². The number of nitrogens with zero attached hydrogens (tertiary/aromatic N) is 4. The van der Waals surface area contributed by atoms with Crippen LogP contribution in [0.5, 0.6) is 5.75 Å². The van der Waals surface area contributed by atoms with Crippen molar-refractivity contribution >= 4 is 19.9 Å². The van der Waals surface area contributed by atoms with Crippen molar-refractivity contribution in [2.45, 2.75) is 51.8 Å². The van der Waals surface area contributed by atoms with Crippen LogP contribution in [0, 0.1) is 5.41 Å². The van der Waals surface area contributed by atoms with Gasteiger partial charge in [0.15, 0.2) is 11.9 Å². The molecule has 1 aromatic carbocycles. The van der Waals surface area contributed by atoms with Crippen LogP contribution in [0.1, 0.15) is 19.5 Å². The third-order valence-electron chi connectivity index (χ3n) is 5.96. The molecule has 1 aromatic heterocycles. The van der Waals surface area contributed by atoms with Gasteiger partial charge in [0.1, 0.15) is 24.8 Å². The van der Waals surface area contributed by atoms with Crippen LogP contribution in [0.25, 0.3) is 11.3 Å². The number of hydrogen-bond acceptors (Lipinski definition) is 8. The van der Waals surface area contributed by atoms with E-state index in [1.54, 1.807) is 38.1 Å². The van der Waals surface area contributed by atoms with Crippen molar-refractivity contribution in [3.05, 3.63) is 42.4 Å². The van der Waals surface area contributed by atoms with Crippen molar-refractivity contribution < 1.29 is 32.2 Å². The molecule has 0 amide bonds. The van der Waals surface area contributed by atoms with Crippen LogP contribution >= 0.6 is 0 Å². The van der Waals surface area contributed by atoms with E-state index in [-0.39, 0.29) is 37.4 Å². The highest BCUT2D eigenvalue weighted by Crippen LogP contribution is 2.29. The number of alkyl halides is 3. The maximum atomic E-state index is 13.4. The predicted octanol–water partition coefficient (Wildman–Crippen LogP) is 5.03. The van der Waals surface area contributed by atoms with Gasteiger partial charge in [0.2, 0.25) is 0 Å². The predicted molar refractivity (Wildman–Crippen MR) is 141 cm³/mol. The maximum absolute atomic E-state index is 13.4. The van der Waals surface area contributed by atoms with Crippen LogP contribution in [0.2, 0.25) is 25.7 Å². The maximum Gasteiger partial charge on any atom is 0.412 e. The molecule has 0 saturated carbocycles. The molecule has 2 heterocycles. The summed E-state index contributed by atoms with van der Waals surface area (Å²) in [4.78, 5) is 25.9. The molecule has 0 fully saturated rings. The van der Waals surface area contributed by atoms with E-state index in [2.05, 4.69) is 34.6 Å². The van der Waals surface area contributed by atoms with Gasteiger partial charge in [-0.25, -0.2) is 4.98 Å². The number of methoxy groups -OCH3 is 1. The zero-order valence-electron chi connectivity index (χ0n) is 22.6. The largest absolute Gasteiger partial charge is 0.492 e. The number of rotatable bonds is 11. The first-order valence-corrected chi connectivity index (χ1v) is 16.0. The molecule has 1 unspecified atom stereocenters. The molecule has 1 atom stereocenters. The lowest BCUT2D eigenvalue weighted by atomic mass is 9.95. The van der Waals surface area contributed by atoms with E-state index in [0.29, 0.717) is 18.1 Å². The second kappa shape index (κ2) is 11.8. The fourth-order valence-electron chi connectivity index (χ4n) is 3.55. The molecule has 0 aliphatic carbocycles. The standard InChI is InChI=1S/C26H35F3N4O4Si/c1-25(2,24(34)35-3)16-37-19-9-7-18(8-10-19)20-13-31-21(14-30-20)23-32-22(26(27,28)29)15-33(23)17-36-11-12-38(4,5)6/h7-10,13-14,22H,11-12,15-17H2,1-6H3. The Balaban J connectivity index is 1.69. The minimum atomic E-state index is -4.46. The summed E-state index contributed by atoms with van der Waals surface area (Å²) < 4.78 is 56.5. The lowest BCUT2D eigenvalue weighted by Gasteiger charge is -2.22. The quantitative estimate of drug-likeness (QED) is 0.220. The first-order valence-electron chi connectivity index (χ1n) is 12.3. The topological polar surface area (TPSA) is 86.1 Å². The number of hydrogen-bond donors (Lipinski definition) is 0. The van der Waals surface area contributed by atoms with Gasteiger partial charge < -0.3 is 19.1 Å². The average molecular weight is 553 g/mol. The summed E-state index contributed by atoms with van der Waals surface area (Å²) in [6.07, 6.45) is -1.54. The number of esters is 1. The van der Waals surface area contributed by atoms with Crippen molar-refractivity contribution in [3.63, 3.8) is 0 Å². The Morgan fingerprint density at radius 2 is 1.71 bits per heavy atom. The smallest absolute Gasteiger partial charge is 0.412 e. The number of carbonyl (C=O) groups excluding carboxylic acids is 1. The van der Waals surface area contributed by atoms with E-state index in [0.717, 1.165) is 11.6 Å². The Morgan fingerprint density at radius 1 is 1.08 bits per heavy atom. The Kier molecular flexibility index (Phi) is 9.19. The van der Waals surface area contributed by atoms with Crippen molar-refractivity contribution in [2.75, 3.05) is 33.6 Å². The Bertz CT molecular complexity index is 1120. The van der Waals surface area contributed by atoms with E-state index in [9.17, 15) is 18.0 Å². The normalized spacial score (nSPS) is 16.4. The third-order valence-corrected chi connectivity index (χ3v) is 7.67. The molecule has 8 nitrogen and oxygen atoms in total. The Labute approximate surface area is 222 Å². The number of aromatic nitrogens is 2. The first-order chi connectivity index (χ1) is 17.7. The molecule has 208 valence electrons. The van der Waals surface area contributed by atoms with E-state index in [1.807, 2.05) is 0 Å². The van der Waals surface area contributed by atoms with Gasteiger partial charge in [-0.2, -0.15) is 13.2 Å². The highest BCUT2D eigenvalue weighted by molar-refractivity contribution is 6.76. The number of carbonyl (C=O) groups is 1. The van der Waals surface area contributed by atoms with Gasteiger partial charge in [0.05, 0.1) is 37.2 Å². The monoisotopic (exact) mass is 552 g/mol. The van der Waals surface area contributed by atoms with Crippen molar-refractivity contribution in [1.82, 2.24) is 14.9 Å². The third kappa shape index (κ3) is 8.00. The fourth-order valence-corrected chi connectivity index (χ4v) is 4.31. The van der Waals surface area contributed by atoms with Gasteiger partial charge in [-0.3, -0.25) is 14.8 Å². The number of aliphatic imine (C=N–C) groups is 1. The summed E-state index contributed by atoms with van der Waals surface area (Å²) in [5.41, 5.74) is 0.742. The number of benzene rings is 1. The molecule has 12 heteroatoms. The highest BCUT2D eigenvalue weighted by atomic mass is 28.3. The SMILES string of the molecule is COC(=O)C(C)(C)COc1ccc(-c2cnc(C3=NC(C(F)(F)F)CN3COCC[Si](C)(C)C)cn2)cc1. The van der Waals surface area contributed by atoms with Gasteiger partial charge >= 0.3 is 12.1 Å². The van der Waals surface area contributed by atoms with Crippen LogP contribution in [0.3, 0.4) is 0 Å². The van der Waals surface area contributed by atoms with Crippen molar-refractivity contribution in [3.8, 4) is 17.0 Å². The number of amidine groups is 1. The second-order valence-electron chi connectivity index (χ2n) is 11.1. The summed E-state index contributed by atoms with van der Waals surface area (Å²) in [6.45, 7) is 10.4. The molecular formula is C26H35F3N4O4Si. The molecule has 0 N–H and O–H groups in total. The van der Waals surface area contributed by atoms with E-state index < -0.39 is 25.7 Å². The van der Waals surface area contributed by atoms with Gasteiger partial charge in [-0.05, 0) is 44.2 Å². The molecule has 0 saturated heterocycles. The van der Waals surface area contributed by atoms with Gasteiger partial charge in [-0.1, -0.05) is 19.6 Å². The van der Waals surface area contributed by atoms with Crippen LogP contribution in [0.4, 0.5) is 13.2 Å². The molecule has 2 aromatic rings. The van der Waals surface area contributed by atoms with Gasteiger partial charge in [0, 0.05) is 20.2 Å².